The Bertz CT molecular complexity index is 337. The molecule has 1 saturated carbocycles. The van der Waals surface area contributed by atoms with Gasteiger partial charge >= 0.3 is 0 Å². The minimum atomic E-state index is -0.00829. The molecular weight excluding hydrogens is 206 g/mol. The molecule has 0 aromatic carbocycles. The van der Waals surface area contributed by atoms with Crippen LogP contribution in [0, 0.1) is 5.92 Å². The fraction of sp³-hybridized carbons (Fsp3) is 0.800. The topological polar surface area (TPSA) is 72.7 Å². The molecule has 0 saturated heterocycles. The van der Waals surface area contributed by atoms with Crippen molar-refractivity contribution in [3.05, 3.63) is 6.33 Å². The van der Waals surface area contributed by atoms with Gasteiger partial charge in [-0.05, 0) is 29.2 Å². The molecule has 0 bridgehead atoms. The van der Waals surface area contributed by atoms with Crippen LogP contribution in [0.5, 0.6) is 0 Å². The van der Waals surface area contributed by atoms with E-state index < -0.39 is 0 Å². The van der Waals surface area contributed by atoms with Crippen molar-refractivity contribution in [2.75, 3.05) is 0 Å². The van der Waals surface area contributed by atoms with Crippen molar-refractivity contribution < 1.29 is 4.79 Å². The van der Waals surface area contributed by atoms with Gasteiger partial charge in [0.1, 0.15) is 12.9 Å². The highest BCUT2D eigenvalue weighted by atomic mass is 16.2. The minimum absolute atomic E-state index is 0.00829. The van der Waals surface area contributed by atoms with E-state index in [-0.39, 0.29) is 12.5 Å². The van der Waals surface area contributed by atoms with Gasteiger partial charge in [0.05, 0.1) is 0 Å². The average molecular weight is 223 g/mol. The lowest BCUT2D eigenvalue weighted by molar-refractivity contribution is -0.123. The molecule has 1 heterocycles. The second kappa shape index (κ2) is 5.05. The van der Waals surface area contributed by atoms with Crippen molar-refractivity contribution in [3.8, 4) is 0 Å². The quantitative estimate of drug-likeness (QED) is 0.803. The van der Waals surface area contributed by atoms with Crippen LogP contribution in [0.3, 0.4) is 0 Å². The summed E-state index contributed by atoms with van der Waals surface area (Å²) in [6.45, 7) is 2.40. The van der Waals surface area contributed by atoms with Crippen LogP contribution in [0.15, 0.2) is 6.33 Å². The summed E-state index contributed by atoms with van der Waals surface area (Å²) >= 11 is 0. The first kappa shape index (κ1) is 11.0. The van der Waals surface area contributed by atoms with E-state index in [1.54, 1.807) is 0 Å². The van der Waals surface area contributed by atoms with E-state index in [0.29, 0.717) is 12.0 Å². The van der Waals surface area contributed by atoms with Crippen LogP contribution in [0.4, 0.5) is 0 Å². The maximum absolute atomic E-state index is 11.7. The van der Waals surface area contributed by atoms with Gasteiger partial charge in [0.2, 0.25) is 5.91 Å². The summed E-state index contributed by atoms with van der Waals surface area (Å²) < 4.78 is 1.43. The zero-order valence-corrected chi connectivity index (χ0v) is 9.46. The molecule has 16 heavy (non-hydrogen) atoms. The van der Waals surface area contributed by atoms with Crippen LogP contribution in [0.2, 0.25) is 0 Å². The molecule has 6 nitrogen and oxygen atoms in total. The van der Waals surface area contributed by atoms with Crippen LogP contribution in [0.25, 0.3) is 0 Å². The molecule has 1 aromatic rings. The summed E-state index contributed by atoms with van der Waals surface area (Å²) in [6.07, 6.45) is 6.23. The molecule has 1 fully saturated rings. The number of rotatable bonds is 3. The SMILES string of the molecule is CC1CCCCC1NC(=O)Cn1cnnn1. The molecule has 0 radical (unpaired) electrons. The molecular formula is C10H17N5O. The smallest absolute Gasteiger partial charge is 0.242 e. The monoisotopic (exact) mass is 223 g/mol. The third-order valence-electron chi connectivity index (χ3n) is 3.15. The lowest BCUT2D eigenvalue weighted by Gasteiger charge is -2.29. The van der Waals surface area contributed by atoms with E-state index in [1.807, 2.05) is 0 Å². The van der Waals surface area contributed by atoms with E-state index in [1.165, 1.54) is 30.3 Å². The first-order valence-electron chi connectivity index (χ1n) is 5.76. The lowest BCUT2D eigenvalue weighted by Crippen LogP contribution is -2.42. The molecule has 1 aliphatic rings. The second-order valence-electron chi connectivity index (χ2n) is 4.44. The zero-order chi connectivity index (χ0) is 11.4. The predicted molar refractivity (Wildman–Crippen MR) is 57.4 cm³/mol. The first-order valence-corrected chi connectivity index (χ1v) is 5.76. The molecule has 1 aromatic heterocycles. The third-order valence-corrected chi connectivity index (χ3v) is 3.15. The molecule has 0 aliphatic heterocycles. The van der Waals surface area contributed by atoms with E-state index in [0.717, 1.165) is 6.42 Å². The Morgan fingerprint density at radius 1 is 1.50 bits per heavy atom. The van der Waals surface area contributed by atoms with E-state index >= 15 is 0 Å². The van der Waals surface area contributed by atoms with Gasteiger partial charge in [0.25, 0.3) is 0 Å². The predicted octanol–water partition coefficient (Wildman–Crippen LogP) is 0.368. The number of nitrogens with zero attached hydrogens (tertiary/aromatic N) is 4. The molecule has 0 spiro atoms. The number of nitrogens with one attached hydrogen (secondary N) is 1. The number of hydrogen-bond donors (Lipinski definition) is 1. The molecule has 1 N–H and O–H groups in total. The van der Waals surface area contributed by atoms with E-state index in [9.17, 15) is 4.79 Å². The van der Waals surface area contributed by atoms with Crippen molar-refractivity contribution in [1.29, 1.82) is 0 Å². The van der Waals surface area contributed by atoms with Crippen LogP contribution >= 0.6 is 0 Å². The van der Waals surface area contributed by atoms with Gasteiger partial charge in [0.15, 0.2) is 0 Å². The number of tetrazole rings is 1. The lowest BCUT2D eigenvalue weighted by atomic mass is 9.86. The van der Waals surface area contributed by atoms with Crippen LogP contribution in [-0.2, 0) is 11.3 Å². The Kier molecular flexibility index (Phi) is 3.48. The molecule has 1 aliphatic carbocycles. The highest BCUT2D eigenvalue weighted by Gasteiger charge is 2.22. The second-order valence-corrected chi connectivity index (χ2v) is 4.44. The Morgan fingerprint density at radius 2 is 2.31 bits per heavy atom. The number of amides is 1. The fourth-order valence-electron chi connectivity index (χ4n) is 2.18. The van der Waals surface area contributed by atoms with Crippen molar-refractivity contribution in [3.63, 3.8) is 0 Å². The standard InChI is InChI=1S/C10H17N5O/c1-8-4-2-3-5-9(8)12-10(16)6-15-7-11-13-14-15/h7-9H,2-6H2,1H3,(H,12,16). The van der Waals surface area contributed by atoms with Gasteiger partial charge in [-0.2, -0.15) is 0 Å². The Hall–Kier alpha value is -1.46. The first-order chi connectivity index (χ1) is 7.75. The summed E-state index contributed by atoms with van der Waals surface area (Å²) in [4.78, 5) is 11.7. The molecule has 2 rings (SSSR count). The number of carbonyl (C=O) groups excluding carboxylic acids is 1. The number of aromatic nitrogens is 4. The van der Waals surface area contributed by atoms with Gasteiger partial charge in [0, 0.05) is 6.04 Å². The molecule has 6 heteroatoms. The summed E-state index contributed by atoms with van der Waals surface area (Å²) in [6, 6.07) is 0.317. The van der Waals surface area contributed by atoms with E-state index in [2.05, 4.69) is 27.8 Å². The largest absolute Gasteiger partial charge is 0.351 e. The number of hydrogen-bond acceptors (Lipinski definition) is 4. The average Bonchev–Trinajstić information content (AvgIpc) is 2.74. The molecule has 2 atom stereocenters. The van der Waals surface area contributed by atoms with Gasteiger partial charge in [-0.15, -0.1) is 5.10 Å². The summed E-state index contributed by atoms with van der Waals surface area (Å²) in [5.74, 6) is 0.567. The zero-order valence-electron chi connectivity index (χ0n) is 9.46. The van der Waals surface area contributed by atoms with Crippen LogP contribution in [-0.4, -0.2) is 32.2 Å². The van der Waals surface area contributed by atoms with E-state index in [4.69, 9.17) is 0 Å². The van der Waals surface area contributed by atoms with Gasteiger partial charge in [-0.25, -0.2) is 4.68 Å². The normalized spacial score (nSPS) is 25.3. The Morgan fingerprint density at radius 3 is 3.00 bits per heavy atom. The maximum atomic E-state index is 11.7. The van der Waals surface area contributed by atoms with Gasteiger partial charge < -0.3 is 5.32 Å². The third kappa shape index (κ3) is 2.77. The summed E-state index contributed by atoms with van der Waals surface area (Å²) in [5, 5.41) is 13.7. The highest BCUT2D eigenvalue weighted by molar-refractivity contribution is 5.75. The van der Waals surface area contributed by atoms with Crippen LogP contribution < -0.4 is 5.32 Å². The molecule has 2 unspecified atom stereocenters. The van der Waals surface area contributed by atoms with Crippen LogP contribution in [0.1, 0.15) is 32.6 Å². The molecule has 88 valence electrons. The van der Waals surface area contributed by atoms with Crippen molar-refractivity contribution in [2.45, 2.75) is 45.2 Å². The molecule has 1 amide bonds. The summed E-state index contributed by atoms with van der Waals surface area (Å²) in [5.41, 5.74) is 0. The van der Waals surface area contributed by atoms with Crippen molar-refractivity contribution in [2.24, 2.45) is 5.92 Å². The summed E-state index contributed by atoms with van der Waals surface area (Å²) in [7, 11) is 0. The Balaban J connectivity index is 1.82. The van der Waals surface area contributed by atoms with Crippen molar-refractivity contribution in [1.82, 2.24) is 25.5 Å². The highest BCUT2D eigenvalue weighted by Crippen LogP contribution is 2.23. The van der Waals surface area contributed by atoms with Crippen molar-refractivity contribution >= 4 is 5.91 Å². The Labute approximate surface area is 94.4 Å². The van der Waals surface area contributed by atoms with Gasteiger partial charge in [-0.1, -0.05) is 19.8 Å². The fourth-order valence-corrected chi connectivity index (χ4v) is 2.18. The number of carbonyl (C=O) groups is 1. The van der Waals surface area contributed by atoms with Gasteiger partial charge in [-0.3, -0.25) is 4.79 Å². The maximum Gasteiger partial charge on any atom is 0.242 e. The minimum Gasteiger partial charge on any atom is -0.351 e.